The molecule has 0 spiro atoms. The molecule has 2 amide bonds. The van der Waals surface area contributed by atoms with Gasteiger partial charge in [-0.15, -0.1) is 11.8 Å². The number of thioether (sulfide) groups is 1. The minimum Gasteiger partial charge on any atom is -0.325 e. The number of hydrogen-bond donors (Lipinski definition) is 2. The lowest BCUT2D eigenvalue weighted by Gasteiger charge is -2.12. The van der Waals surface area contributed by atoms with Crippen molar-refractivity contribution in [2.75, 3.05) is 16.4 Å². The van der Waals surface area contributed by atoms with Gasteiger partial charge in [-0.05, 0) is 44.2 Å². The topological polar surface area (TPSA) is 58.2 Å². The van der Waals surface area contributed by atoms with Gasteiger partial charge in [0.1, 0.15) is 0 Å². The van der Waals surface area contributed by atoms with Crippen LogP contribution in [0.1, 0.15) is 12.5 Å². The zero-order valence-corrected chi connectivity index (χ0v) is 15.1. The second kappa shape index (κ2) is 8.76. The molecule has 0 aliphatic rings. The monoisotopic (exact) mass is 362 g/mol. The third-order valence-electron chi connectivity index (χ3n) is 3.26. The van der Waals surface area contributed by atoms with Gasteiger partial charge in [0, 0.05) is 16.4 Å². The van der Waals surface area contributed by atoms with E-state index in [-0.39, 0.29) is 22.8 Å². The van der Waals surface area contributed by atoms with Gasteiger partial charge in [0.2, 0.25) is 11.8 Å². The average Bonchev–Trinajstić information content (AvgIpc) is 2.54. The van der Waals surface area contributed by atoms with Gasteiger partial charge in [0.15, 0.2) is 0 Å². The predicted molar refractivity (Wildman–Crippen MR) is 102 cm³/mol. The summed E-state index contributed by atoms with van der Waals surface area (Å²) in [6.07, 6.45) is 0. The highest BCUT2D eigenvalue weighted by Crippen LogP contribution is 2.18. The lowest BCUT2D eigenvalue weighted by atomic mass is 10.2. The molecule has 0 aromatic heterocycles. The maximum atomic E-state index is 12.1. The smallest absolute Gasteiger partial charge is 0.237 e. The molecule has 2 aromatic carbocycles. The van der Waals surface area contributed by atoms with E-state index in [1.54, 1.807) is 31.2 Å². The van der Waals surface area contributed by atoms with Crippen molar-refractivity contribution in [3.8, 4) is 0 Å². The van der Waals surface area contributed by atoms with E-state index in [4.69, 9.17) is 11.6 Å². The zero-order chi connectivity index (χ0) is 17.5. The first-order valence-corrected chi connectivity index (χ1v) is 8.91. The molecule has 0 bridgehead atoms. The van der Waals surface area contributed by atoms with Gasteiger partial charge in [0.25, 0.3) is 0 Å². The van der Waals surface area contributed by atoms with Crippen molar-refractivity contribution in [3.63, 3.8) is 0 Å². The molecule has 6 heteroatoms. The van der Waals surface area contributed by atoms with Gasteiger partial charge in [-0.1, -0.05) is 35.4 Å². The van der Waals surface area contributed by atoms with Gasteiger partial charge in [0.05, 0.1) is 11.0 Å². The quantitative estimate of drug-likeness (QED) is 0.803. The summed E-state index contributed by atoms with van der Waals surface area (Å²) in [6.45, 7) is 3.76. The first-order valence-electron chi connectivity index (χ1n) is 7.48. The lowest BCUT2D eigenvalue weighted by molar-refractivity contribution is -0.115. The van der Waals surface area contributed by atoms with Crippen LogP contribution in [-0.2, 0) is 9.59 Å². The van der Waals surface area contributed by atoms with Crippen molar-refractivity contribution in [2.45, 2.75) is 19.1 Å². The van der Waals surface area contributed by atoms with Gasteiger partial charge in [-0.25, -0.2) is 0 Å². The summed E-state index contributed by atoms with van der Waals surface area (Å²) in [5, 5.41) is 5.80. The molecule has 1 unspecified atom stereocenters. The number of rotatable bonds is 6. The minimum atomic E-state index is -0.354. The summed E-state index contributed by atoms with van der Waals surface area (Å²) in [5.74, 6) is -0.0884. The molecule has 0 aliphatic carbocycles. The molecule has 0 fully saturated rings. The molecule has 2 rings (SSSR count). The van der Waals surface area contributed by atoms with Crippen molar-refractivity contribution >= 4 is 46.6 Å². The number of hydrogen-bond acceptors (Lipinski definition) is 3. The van der Waals surface area contributed by atoms with Crippen LogP contribution in [0.25, 0.3) is 0 Å². The Labute approximate surface area is 151 Å². The predicted octanol–water partition coefficient (Wildman–Crippen LogP) is 4.35. The van der Waals surface area contributed by atoms with Crippen LogP contribution in [0.2, 0.25) is 5.02 Å². The fourth-order valence-corrected chi connectivity index (χ4v) is 2.79. The van der Waals surface area contributed by atoms with E-state index < -0.39 is 0 Å². The lowest BCUT2D eigenvalue weighted by Crippen LogP contribution is -2.25. The number of carbonyl (C=O) groups is 2. The van der Waals surface area contributed by atoms with E-state index in [9.17, 15) is 9.59 Å². The van der Waals surface area contributed by atoms with E-state index in [1.165, 1.54) is 11.8 Å². The molecule has 0 heterocycles. The Morgan fingerprint density at radius 2 is 1.79 bits per heavy atom. The molecule has 2 N–H and O–H groups in total. The van der Waals surface area contributed by atoms with E-state index in [1.807, 2.05) is 31.2 Å². The first kappa shape index (κ1) is 18.4. The van der Waals surface area contributed by atoms with Gasteiger partial charge in [-0.2, -0.15) is 0 Å². The first-order chi connectivity index (χ1) is 11.4. The second-order valence-corrected chi connectivity index (χ2v) is 7.13. The Morgan fingerprint density at radius 3 is 2.46 bits per heavy atom. The highest BCUT2D eigenvalue weighted by Gasteiger charge is 2.15. The molecular weight excluding hydrogens is 344 g/mol. The molecule has 0 radical (unpaired) electrons. The van der Waals surface area contributed by atoms with Crippen LogP contribution in [0.4, 0.5) is 11.4 Å². The largest absolute Gasteiger partial charge is 0.325 e. The molecule has 0 aliphatic heterocycles. The fraction of sp³-hybridized carbons (Fsp3) is 0.222. The molecule has 126 valence electrons. The summed E-state index contributed by atoms with van der Waals surface area (Å²) in [7, 11) is 0. The van der Waals surface area contributed by atoms with Crippen LogP contribution in [0, 0.1) is 6.92 Å². The molecule has 2 aromatic rings. The maximum Gasteiger partial charge on any atom is 0.237 e. The van der Waals surface area contributed by atoms with Crippen LogP contribution in [0.3, 0.4) is 0 Å². The highest BCUT2D eigenvalue weighted by atomic mass is 35.5. The molecular formula is C18H19ClN2O2S. The summed E-state index contributed by atoms with van der Waals surface area (Å²) in [6, 6.07) is 14.5. The van der Waals surface area contributed by atoms with Crippen molar-refractivity contribution in [2.24, 2.45) is 0 Å². The number of carbonyl (C=O) groups excluding carboxylic acids is 2. The average molecular weight is 363 g/mol. The Hall–Kier alpha value is -1.98. The van der Waals surface area contributed by atoms with Crippen LogP contribution in [0.15, 0.2) is 48.5 Å². The highest BCUT2D eigenvalue weighted by molar-refractivity contribution is 8.01. The number of halogens is 1. The Morgan fingerprint density at radius 1 is 1.08 bits per heavy atom. The van der Waals surface area contributed by atoms with Gasteiger partial charge < -0.3 is 10.6 Å². The number of anilines is 2. The van der Waals surface area contributed by atoms with Crippen molar-refractivity contribution in [1.82, 2.24) is 0 Å². The number of amides is 2. The number of benzene rings is 2. The Bertz CT molecular complexity index is 719. The summed E-state index contributed by atoms with van der Waals surface area (Å²) in [4.78, 5) is 24.1. The normalized spacial score (nSPS) is 11.6. The molecule has 0 saturated heterocycles. The molecule has 4 nitrogen and oxygen atoms in total. The fourth-order valence-electron chi connectivity index (χ4n) is 1.92. The van der Waals surface area contributed by atoms with E-state index in [2.05, 4.69) is 10.6 Å². The van der Waals surface area contributed by atoms with Crippen molar-refractivity contribution in [1.29, 1.82) is 0 Å². The summed E-state index contributed by atoms with van der Waals surface area (Å²) in [5.41, 5.74) is 2.53. The molecule has 24 heavy (non-hydrogen) atoms. The third-order valence-corrected chi connectivity index (χ3v) is 4.64. The standard InChI is InChI=1S/C18H19ClN2O2S/c1-12-6-8-15(9-7-12)20-17(22)11-24-13(2)18(23)21-16-5-3-4-14(19)10-16/h3-10,13H,11H2,1-2H3,(H,20,22)(H,21,23). The maximum absolute atomic E-state index is 12.1. The van der Waals surface area contributed by atoms with Crippen LogP contribution in [-0.4, -0.2) is 22.8 Å². The number of nitrogens with one attached hydrogen (secondary N) is 2. The third kappa shape index (κ3) is 5.91. The summed E-state index contributed by atoms with van der Waals surface area (Å²) < 4.78 is 0. The Balaban J connectivity index is 1.79. The van der Waals surface area contributed by atoms with E-state index in [0.29, 0.717) is 10.7 Å². The Kier molecular flexibility index (Phi) is 6.70. The van der Waals surface area contributed by atoms with E-state index in [0.717, 1.165) is 11.3 Å². The van der Waals surface area contributed by atoms with Gasteiger partial charge >= 0.3 is 0 Å². The summed E-state index contributed by atoms with van der Waals surface area (Å²) >= 11 is 7.17. The minimum absolute atomic E-state index is 0.133. The SMILES string of the molecule is Cc1ccc(NC(=O)CSC(C)C(=O)Nc2cccc(Cl)c2)cc1. The molecule has 1 atom stereocenters. The van der Waals surface area contributed by atoms with Crippen LogP contribution < -0.4 is 10.6 Å². The second-order valence-electron chi connectivity index (χ2n) is 5.37. The van der Waals surface area contributed by atoms with Crippen LogP contribution in [0.5, 0.6) is 0 Å². The molecule has 0 saturated carbocycles. The van der Waals surface area contributed by atoms with Crippen LogP contribution >= 0.6 is 23.4 Å². The van der Waals surface area contributed by atoms with Crippen molar-refractivity contribution < 1.29 is 9.59 Å². The van der Waals surface area contributed by atoms with E-state index >= 15 is 0 Å². The zero-order valence-electron chi connectivity index (χ0n) is 13.5. The van der Waals surface area contributed by atoms with Gasteiger partial charge in [-0.3, -0.25) is 9.59 Å². The van der Waals surface area contributed by atoms with Crippen molar-refractivity contribution in [3.05, 3.63) is 59.1 Å². The number of aryl methyl sites for hydroxylation is 1.